The lowest BCUT2D eigenvalue weighted by molar-refractivity contribution is 0.333. The Bertz CT molecular complexity index is 298. The standard InChI is InChI=1S/C12H21N3/c1-3-8-15-9-13-14-12(15)11-6-4-10(2)5-7-11/h9-11H,3-8H2,1-2H3. The van der Waals surface area contributed by atoms with E-state index in [1.807, 2.05) is 6.33 Å². The minimum Gasteiger partial charge on any atom is -0.317 e. The third-order valence-electron chi connectivity index (χ3n) is 3.49. The van der Waals surface area contributed by atoms with Crippen LogP contribution in [0.25, 0.3) is 0 Å². The highest BCUT2D eigenvalue weighted by molar-refractivity contribution is 4.98. The molecular formula is C12H21N3. The number of hydrogen-bond acceptors (Lipinski definition) is 2. The van der Waals surface area contributed by atoms with Gasteiger partial charge in [0.2, 0.25) is 0 Å². The number of aryl methyl sites for hydroxylation is 1. The first-order chi connectivity index (χ1) is 7.31. The van der Waals surface area contributed by atoms with Gasteiger partial charge in [0.15, 0.2) is 0 Å². The number of aromatic nitrogens is 3. The monoisotopic (exact) mass is 207 g/mol. The number of rotatable bonds is 3. The van der Waals surface area contributed by atoms with Crippen LogP contribution in [0.2, 0.25) is 0 Å². The van der Waals surface area contributed by atoms with Crippen LogP contribution in [0.4, 0.5) is 0 Å². The fourth-order valence-corrected chi connectivity index (χ4v) is 2.51. The van der Waals surface area contributed by atoms with Gasteiger partial charge in [-0.3, -0.25) is 0 Å². The molecule has 3 nitrogen and oxygen atoms in total. The van der Waals surface area contributed by atoms with Gasteiger partial charge in [0, 0.05) is 12.5 Å². The Morgan fingerprint density at radius 2 is 2.07 bits per heavy atom. The van der Waals surface area contributed by atoms with E-state index in [-0.39, 0.29) is 0 Å². The maximum Gasteiger partial charge on any atom is 0.135 e. The van der Waals surface area contributed by atoms with Crippen molar-refractivity contribution in [2.75, 3.05) is 0 Å². The van der Waals surface area contributed by atoms with E-state index >= 15 is 0 Å². The minimum atomic E-state index is 0.662. The van der Waals surface area contributed by atoms with Crippen molar-refractivity contribution >= 4 is 0 Å². The zero-order chi connectivity index (χ0) is 10.7. The van der Waals surface area contributed by atoms with E-state index in [4.69, 9.17) is 0 Å². The Morgan fingerprint density at radius 3 is 2.73 bits per heavy atom. The van der Waals surface area contributed by atoms with Crippen molar-refractivity contribution in [3.63, 3.8) is 0 Å². The first kappa shape index (κ1) is 10.7. The fourth-order valence-electron chi connectivity index (χ4n) is 2.51. The van der Waals surface area contributed by atoms with E-state index in [0.29, 0.717) is 5.92 Å². The molecule has 0 unspecified atom stereocenters. The largest absolute Gasteiger partial charge is 0.317 e. The van der Waals surface area contributed by atoms with Gasteiger partial charge in [0.1, 0.15) is 12.2 Å². The summed E-state index contributed by atoms with van der Waals surface area (Å²) in [5, 5.41) is 8.34. The summed E-state index contributed by atoms with van der Waals surface area (Å²) in [7, 11) is 0. The highest BCUT2D eigenvalue weighted by Crippen LogP contribution is 2.34. The van der Waals surface area contributed by atoms with Crippen LogP contribution >= 0.6 is 0 Å². The molecule has 2 rings (SSSR count). The van der Waals surface area contributed by atoms with Gasteiger partial charge in [-0.05, 0) is 25.2 Å². The van der Waals surface area contributed by atoms with Crippen LogP contribution in [0.3, 0.4) is 0 Å². The summed E-state index contributed by atoms with van der Waals surface area (Å²) in [6, 6.07) is 0. The molecule has 1 aliphatic carbocycles. The van der Waals surface area contributed by atoms with Gasteiger partial charge >= 0.3 is 0 Å². The third kappa shape index (κ3) is 2.39. The van der Waals surface area contributed by atoms with Crippen LogP contribution in [-0.2, 0) is 6.54 Å². The predicted molar refractivity (Wildman–Crippen MR) is 60.7 cm³/mol. The molecule has 1 fully saturated rings. The highest BCUT2D eigenvalue weighted by Gasteiger charge is 2.23. The number of hydrogen-bond donors (Lipinski definition) is 0. The van der Waals surface area contributed by atoms with Crippen molar-refractivity contribution in [2.45, 2.75) is 58.4 Å². The first-order valence-electron chi connectivity index (χ1n) is 6.19. The van der Waals surface area contributed by atoms with Crippen molar-refractivity contribution < 1.29 is 0 Å². The van der Waals surface area contributed by atoms with Crippen LogP contribution in [0, 0.1) is 5.92 Å². The quantitative estimate of drug-likeness (QED) is 0.763. The fraction of sp³-hybridized carbons (Fsp3) is 0.833. The molecule has 3 heteroatoms. The molecular weight excluding hydrogens is 186 g/mol. The Morgan fingerprint density at radius 1 is 1.33 bits per heavy atom. The molecule has 84 valence electrons. The summed E-state index contributed by atoms with van der Waals surface area (Å²) in [6.07, 6.45) is 8.34. The zero-order valence-electron chi connectivity index (χ0n) is 9.82. The maximum atomic E-state index is 4.30. The molecule has 0 saturated heterocycles. The van der Waals surface area contributed by atoms with Crippen molar-refractivity contribution in [3.05, 3.63) is 12.2 Å². The molecule has 1 aromatic rings. The average Bonchev–Trinajstić information content (AvgIpc) is 2.68. The van der Waals surface area contributed by atoms with Crippen molar-refractivity contribution in [2.24, 2.45) is 5.92 Å². The Kier molecular flexibility index (Phi) is 3.39. The van der Waals surface area contributed by atoms with Crippen LogP contribution in [-0.4, -0.2) is 14.8 Å². The summed E-state index contributed by atoms with van der Waals surface area (Å²) in [6.45, 7) is 5.62. The summed E-state index contributed by atoms with van der Waals surface area (Å²) >= 11 is 0. The van der Waals surface area contributed by atoms with Gasteiger partial charge in [-0.1, -0.05) is 26.7 Å². The summed E-state index contributed by atoms with van der Waals surface area (Å²) in [4.78, 5) is 0. The van der Waals surface area contributed by atoms with Crippen molar-refractivity contribution in [1.29, 1.82) is 0 Å². The SMILES string of the molecule is CCCn1cnnc1C1CCC(C)CC1. The topological polar surface area (TPSA) is 30.7 Å². The van der Waals surface area contributed by atoms with Crippen LogP contribution in [0.15, 0.2) is 6.33 Å². The zero-order valence-corrected chi connectivity index (χ0v) is 9.82. The second kappa shape index (κ2) is 4.77. The molecule has 0 aromatic carbocycles. The van der Waals surface area contributed by atoms with E-state index in [2.05, 4.69) is 28.6 Å². The normalized spacial score (nSPS) is 26.8. The molecule has 15 heavy (non-hydrogen) atoms. The lowest BCUT2D eigenvalue weighted by atomic mass is 9.82. The molecule has 0 spiro atoms. The van der Waals surface area contributed by atoms with E-state index < -0.39 is 0 Å². The van der Waals surface area contributed by atoms with Crippen molar-refractivity contribution in [3.8, 4) is 0 Å². The third-order valence-corrected chi connectivity index (χ3v) is 3.49. The van der Waals surface area contributed by atoms with Gasteiger partial charge in [-0.25, -0.2) is 0 Å². The van der Waals surface area contributed by atoms with Gasteiger partial charge in [-0.2, -0.15) is 0 Å². The van der Waals surface area contributed by atoms with Crippen LogP contribution in [0.1, 0.15) is 57.7 Å². The first-order valence-corrected chi connectivity index (χ1v) is 6.19. The molecule has 0 amide bonds. The molecule has 1 aromatic heterocycles. The molecule has 0 aliphatic heterocycles. The summed E-state index contributed by atoms with van der Waals surface area (Å²) in [5.41, 5.74) is 0. The molecule has 0 N–H and O–H groups in total. The van der Waals surface area contributed by atoms with Gasteiger partial charge in [0.05, 0.1) is 0 Å². The van der Waals surface area contributed by atoms with E-state index in [0.717, 1.165) is 18.9 Å². The molecule has 1 heterocycles. The predicted octanol–water partition coefficient (Wildman–Crippen LogP) is 2.98. The second-order valence-corrected chi connectivity index (χ2v) is 4.84. The minimum absolute atomic E-state index is 0.662. The lowest BCUT2D eigenvalue weighted by Gasteiger charge is -2.25. The molecule has 0 bridgehead atoms. The Balaban J connectivity index is 2.05. The van der Waals surface area contributed by atoms with Crippen LogP contribution < -0.4 is 0 Å². The van der Waals surface area contributed by atoms with E-state index in [1.165, 1.54) is 31.5 Å². The molecule has 1 saturated carbocycles. The van der Waals surface area contributed by atoms with Gasteiger partial charge in [0.25, 0.3) is 0 Å². The second-order valence-electron chi connectivity index (χ2n) is 4.84. The Labute approximate surface area is 91.9 Å². The number of nitrogens with zero attached hydrogens (tertiary/aromatic N) is 3. The lowest BCUT2D eigenvalue weighted by Crippen LogP contribution is -2.15. The van der Waals surface area contributed by atoms with Crippen LogP contribution in [0.5, 0.6) is 0 Å². The van der Waals surface area contributed by atoms with Gasteiger partial charge < -0.3 is 4.57 Å². The van der Waals surface area contributed by atoms with E-state index in [1.54, 1.807) is 0 Å². The van der Waals surface area contributed by atoms with Gasteiger partial charge in [-0.15, -0.1) is 10.2 Å². The molecule has 0 atom stereocenters. The maximum absolute atomic E-state index is 4.30. The molecule has 0 radical (unpaired) electrons. The smallest absolute Gasteiger partial charge is 0.135 e. The summed E-state index contributed by atoms with van der Waals surface area (Å²) in [5.74, 6) is 2.79. The average molecular weight is 207 g/mol. The highest BCUT2D eigenvalue weighted by atomic mass is 15.3. The van der Waals surface area contributed by atoms with Crippen molar-refractivity contribution in [1.82, 2.24) is 14.8 Å². The summed E-state index contributed by atoms with van der Waals surface area (Å²) < 4.78 is 2.24. The van der Waals surface area contributed by atoms with E-state index in [9.17, 15) is 0 Å². The Hall–Kier alpha value is -0.860. The molecule has 1 aliphatic rings.